The molecule has 5 heteroatoms. The van der Waals surface area contributed by atoms with Crippen molar-refractivity contribution in [3.05, 3.63) is 47.5 Å². The van der Waals surface area contributed by atoms with E-state index < -0.39 is 17.9 Å². The Kier molecular flexibility index (Phi) is 5.68. The van der Waals surface area contributed by atoms with Crippen molar-refractivity contribution < 1.29 is 24.6 Å². The van der Waals surface area contributed by atoms with Crippen molar-refractivity contribution in [1.29, 1.82) is 0 Å². The van der Waals surface area contributed by atoms with E-state index in [-0.39, 0.29) is 23.7 Å². The number of Topliss-reactive ketones (excluding diaryl/α,β-unsaturated/α-hetero) is 1. The minimum atomic E-state index is -1.32. The Hall–Kier alpha value is -2.43. The molecule has 0 saturated heterocycles. The zero-order valence-corrected chi connectivity index (χ0v) is 12.8. The summed E-state index contributed by atoms with van der Waals surface area (Å²) in [6.45, 7) is 0. The maximum atomic E-state index is 12.2. The highest BCUT2D eigenvalue weighted by atomic mass is 16.4. The van der Waals surface area contributed by atoms with Gasteiger partial charge in [-0.25, -0.2) is 4.79 Å². The van der Waals surface area contributed by atoms with Gasteiger partial charge < -0.3 is 10.2 Å². The molecule has 0 spiro atoms. The number of hydrogen-bond acceptors (Lipinski definition) is 3. The van der Waals surface area contributed by atoms with Crippen molar-refractivity contribution in [2.24, 2.45) is 11.8 Å². The van der Waals surface area contributed by atoms with E-state index in [9.17, 15) is 24.6 Å². The number of ketones is 1. The van der Waals surface area contributed by atoms with Gasteiger partial charge >= 0.3 is 11.9 Å². The van der Waals surface area contributed by atoms with E-state index in [1.54, 1.807) is 36.4 Å². The van der Waals surface area contributed by atoms with Gasteiger partial charge in [-0.05, 0) is 18.8 Å². The summed E-state index contributed by atoms with van der Waals surface area (Å²) in [4.78, 5) is 35.3. The lowest BCUT2D eigenvalue weighted by atomic mass is 9.88. The number of carbonyl (C=O) groups excluding carboxylic acids is 1. The number of carbonyl (C=O) groups is 3. The molecular formula is C18H20O5. The molecule has 5 nitrogen and oxygen atoms in total. The summed E-state index contributed by atoms with van der Waals surface area (Å²) in [6, 6.07) is 8.34. The number of aliphatic carboxylic acids is 2. The van der Waals surface area contributed by atoms with Crippen LogP contribution in [0.15, 0.2) is 42.0 Å². The van der Waals surface area contributed by atoms with Gasteiger partial charge in [-0.15, -0.1) is 0 Å². The number of allylic oxidation sites excluding steroid dienone is 1. The Morgan fingerprint density at radius 1 is 1.09 bits per heavy atom. The molecule has 1 fully saturated rings. The highest BCUT2D eigenvalue weighted by Gasteiger charge is 2.31. The Labute approximate surface area is 134 Å². The first-order valence-electron chi connectivity index (χ1n) is 7.75. The second kappa shape index (κ2) is 7.72. The van der Waals surface area contributed by atoms with E-state index in [0.717, 1.165) is 25.7 Å². The summed E-state index contributed by atoms with van der Waals surface area (Å²) >= 11 is 0. The van der Waals surface area contributed by atoms with E-state index >= 15 is 0 Å². The van der Waals surface area contributed by atoms with Gasteiger partial charge in [0.15, 0.2) is 5.78 Å². The summed E-state index contributed by atoms with van der Waals surface area (Å²) in [5, 5.41) is 18.8. The molecule has 122 valence electrons. The van der Waals surface area contributed by atoms with Gasteiger partial charge in [0.1, 0.15) is 0 Å². The predicted molar refractivity (Wildman–Crippen MR) is 84.2 cm³/mol. The normalized spacial score (nSPS) is 17.0. The van der Waals surface area contributed by atoms with Crippen LogP contribution in [0.1, 0.15) is 42.5 Å². The molecule has 2 rings (SSSR count). The molecule has 0 heterocycles. The number of benzene rings is 1. The van der Waals surface area contributed by atoms with Crippen molar-refractivity contribution >= 4 is 17.7 Å². The van der Waals surface area contributed by atoms with Crippen LogP contribution in [-0.2, 0) is 9.59 Å². The highest BCUT2D eigenvalue weighted by molar-refractivity contribution is 6.01. The van der Waals surface area contributed by atoms with Gasteiger partial charge in [-0.2, -0.15) is 0 Å². The lowest BCUT2D eigenvalue weighted by Crippen LogP contribution is -2.25. The third-order valence-corrected chi connectivity index (χ3v) is 4.22. The molecule has 1 aromatic carbocycles. The van der Waals surface area contributed by atoms with Crippen molar-refractivity contribution in [3.8, 4) is 0 Å². The molecule has 23 heavy (non-hydrogen) atoms. The maximum Gasteiger partial charge on any atom is 0.332 e. The average Bonchev–Trinajstić information content (AvgIpc) is 3.04. The van der Waals surface area contributed by atoms with E-state index in [1.165, 1.54) is 0 Å². The van der Waals surface area contributed by atoms with E-state index in [1.807, 2.05) is 0 Å². The smallest absolute Gasteiger partial charge is 0.332 e. The standard InChI is InChI=1S/C18H20O5/c19-16(13-8-2-1-3-9-13)11-15(18(22)23)14(17(20)21)10-12-6-4-5-7-12/h1-3,8-10,12,15H,4-7,11H2,(H,20,21)(H,22,23). The van der Waals surface area contributed by atoms with Gasteiger partial charge in [0.25, 0.3) is 0 Å². The van der Waals surface area contributed by atoms with Gasteiger partial charge in [0.05, 0.1) is 5.92 Å². The topological polar surface area (TPSA) is 91.7 Å². The fourth-order valence-electron chi connectivity index (χ4n) is 2.97. The van der Waals surface area contributed by atoms with Crippen LogP contribution < -0.4 is 0 Å². The lowest BCUT2D eigenvalue weighted by Gasteiger charge is -2.14. The first-order chi connectivity index (χ1) is 11.0. The zero-order chi connectivity index (χ0) is 16.8. The molecule has 0 bridgehead atoms. The largest absolute Gasteiger partial charge is 0.481 e. The third kappa shape index (κ3) is 4.52. The quantitative estimate of drug-likeness (QED) is 0.595. The van der Waals surface area contributed by atoms with Crippen LogP contribution in [0.5, 0.6) is 0 Å². The van der Waals surface area contributed by atoms with E-state index in [0.29, 0.717) is 5.56 Å². The van der Waals surface area contributed by atoms with Crippen LogP contribution in [0.3, 0.4) is 0 Å². The fourth-order valence-corrected chi connectivity index (χ4v) is 2.97. The summed E-state index contributed by atoms with van der Waals surface area (Å²) in [5.41, 5.74) is 0.220. The third-order valence-electron chi connectivity index (χ3n) is 4.22. The van der Waals surface area contributed by atoms with Crippen LogP contribution in [0.25, 0.3) is 0 Å². The summed E-state index contributed by atoms with van der Waals surface area (Å²) in [6.07, 6.45) is 4.99. The van der Waals surface area contributed by atoms with Crippen LogP contribution in [0.4, 0.5) is 0 Å². The molecule has 1 saturated carbocycles. The molecule has 1 atom stereocenters. The molecule has 1 aromatic rings. The molecule has 0 aliphatic heterocycles. The number of rotatable bonds is 7. The van der Waals surface area contributed by atoms with Gasteiger partial charge in [-0.1, -0.05) is 49.2 Å². The number of hydrogen-bond donors (Lipinski definition) is 2. The average molecular weight is 316 g/mol. The molecule has 1 unspecified atom stereocenters. The summed E-state index contributed by atoms with van der Waals surface area (Å²) < 4.78 is 0. The Morgan fingerprint density at radius 2 is 1.70 bits per heavy atom. The van der Waals surface area contributed by atoms with Crippen LogP contribution in [-0.4, -0.2) is 27.9 Å². The van der Waals surface area contributed by atoms with Crippen molar-refractivity contribution in [1.82, 2.24) is 0 Å². The molecule has 1 aliphatic rings. The fraction of sp³-hybridized carbons (Fsp3) is 0.389. The SMILES string of the molecule is O=C(O)C(=CC1CCCC1)C(CC(=O)c1ccccc1)C(=O)O. The van der Waals surface area contributed by atoms with E-state index in [4.69, 9.17) is 0 Å². The van der Waals surface area contributed by atoms with Crippen molar-refractivity contribution in [3.63, 3.8) is 0 Å². The first kappa shape index (κ1) is 16.9. The first-order valence-corrected chi connectivity index (χ1v) is 7.75. The Morgan fingerprint density at radius 3 is 2.22 bits per heavy atom. The molecule has 1 aliphatic carbocycles. The Bertz CT molecular complexity index is 612. The molecular weight excluding hydrogens is 296 g/mol. The van der Waals surface area contributed by atoms with Gasteiger partial charge in [0.2, 0.25) is 0 Å². The lowest BCUT2D eigenvalue weighted by molar-refractivity contribution is -0.143. The number of carboxylic acid groups (broad SMARTS) is 2. The van der Waals surface area contributed by atoms with Crippen LogP contribution >= 0.6 is 0 Å². The van der Waals surface area contributed by atoms with Crippen LogP contribution in [0, 0.1) is 11.8 Å². The molecule has 0 aromatic heterocycles. The van der Waals surface area contributed by atoms with Gasteiger partial charge in [0, 0.05) is 17.6 Å². The summed E-state index contributed by atoms with van der Waals surface area (Å²) in [7, 11) is 0. The number of carboxylic acids is 2. The van der Waals surface area contributed by atoms with E-state index in [2.05, 4.69) is 0 Å². The monoisotopic (exact) mass is 316 g/mol. The minimum Gasteiger partial charge on any atom is -0.481 e. The zero-order valence-electron chi connectivity index (χ0n) is 12.8. The highest BCUT2D eigenvalue weighted by Crippen LogP contribution is 2.29. The van der Waals surface area contributed by atoms with Gasteiger partial charge in [-0.3, -0.25) is 9.59 Å². The van der Waals surface area contributed by atoms with Crippen LogP contribution in [0.2, 0.25) is 0 Å². The summed E-state index contributed by atoms with van der Waals surface area (Å²) in [5.74, 6) is -4.13. The minimum absolute atomic E-state index is 0.0924. The second-order valence-electron chi connectivity index (χ2n) is 5.86. The molecule has 2 N–H and O–H groups in total. The Balaban J connectivity index is 2.22. The van der Waals surface area contributed by atoms with Crippen molar-refractivity contribution in [2.45, 2.75) is 32.1 Å². The van der Waals surface area contributed by atoms with Crippen molar-refractivity contribution in [2.75, 3.05) is 0 Å². The molecule has 0 amide bonds. The maximum absolute atomic E-state index is 12.2. The molecule has 0 radical (unpaired) electrons. The second-order valence-corrected chi connectivity index (χ2v) is 5.86. The predicted octanol–water partition coefficient (Wildman–Crippen LogP) is 3.16.